The smallest absolute Gasteiger partial charge is 0.410 e. The van der Waals surface area contributed by atoms with Crippen molar-refractivity contribution in [2.24, 2.45) is 11.1 Å². The van der Waals surface area contributed by atoms with Gasteiger partial charge in [0.2, 0.25) is 0 Å². The molecule has 1 atom stereocenters. The van der Waals surface area contributed by atoms with E-state index in [1.54, 1.807) is 24.8 Å². The fourth-order valence-corrected chi connectivity index (χ4v) is 5.22. The van der Waals surface area contributed by atoms with Crippen LogP contribution in [0.4, 0.5) is 4.79 Å². The van der Waals surface area contributed by atoms with E-state index in [2.05, 4.69) is 0 Å². The summed E-state index contributed by atoms with van der Waals surface area (Å²) in [5.41, 5.74) is 6.42. The number of aromatic nitrogens is 1. The van der Waals surface area contributed by atoms with Crippen LogP contribution < -0.4 is 15.2 Å². The number of carbonyl (C=O) groups is 3. The highest BCUT2D eigenvalue weighted by molar-refractivity contribution is 6.05. The number of ether oxygens (including phenoxy) is 3. The van der Waals surface area contributed by atoms with Gasteiger partial charge >= 0.3 is 12.1 Å². The van der Waals surface area contributed by atoms with Crippen LogP contribution in [0.2, 0.25) is 0 Å². The van der Waals surface area contributed by atoms with Crippen molar-refractivity contribution in [3.63, 3.8) is 0 Å². The average Bonchev–Trinajstić information content (AvgIpc) is 3.35. The molecule has 3 aromatic rings. The molecule has 10 heteroatoms. The number of aryl methyl sites for hydroxylation is 1. The monoisotopic (exact) mass is 623 g/mol. The number of rotatable bonds is 16. The van der Waals surface area contributed by atoms with E-state index < -0.39 is 29.0 Å². The second-order valence-electron chi connectivity index (χ2n) is 13.1. The average molecular weight is 624 g/mol. The number of benzene rings is 2. The predicted molar refractivity (Wildman–Crippen MR) is 175 cm³/mol. The van der Waals surface area contributed by atoms with Gasteiger partial charge in [-0.15, -0.1) is 0 Å². The van der Waals surface area contributed by atoms with Gasteiger partial charge < -0.3 is 34.5 Å². The van der Waals surface area contributed by atoms with Gasteiger partial charge in [0.05, 0.1) is 29.6 Å². The summed E-state index contributed by atoms with van der Waals surface area (Å²) in [7, 11) is 0. The fourth-order valence-electron chi connectivity index (χ4n) is 5.22. The zero-order chi connectivity index (χ0) is 33.4. The number of carboxylic acids is 1. The number of primary amides is 1. The predicted octanol–water partition coefficient (Wildman–Crippen LogP) is 6.67. The van der Waals surface area contributed by atoms with Crippen LogP contribution in [0.3, 0.4) is 0 Å². The van der Waals surface area contributed by atoms with E-state index in [4.69, 9.17) is 19.9 Å². The highest BCUT2D eigenvalue weighted by Gasteiger charge is 2.28. The number of hydrogen-bond donors (Lipinski definition) is 2. The van der Waals surface area contributed by atoms with Crippen molar-refractivity contribution in [3.8, 4) is 11.5 Å². The number of carbonyl (C=O) groups excluding carboxylic acids is 2. The Morgan fingerprint density at radius 3 is 2.27 bits per heavy atom. The quantitative estimate of drug-likeness (QED) is 0.170. The molecule has 1 heterocycles. The normalized spacial score (nSPS) is 12.5. The first-order chi connectivity index (χ1) is 21.1. The molecule has 3 N–H and O–H groups in total. The largest absolute Gasteiger partial charge is 0.490 e. The molecule has 10 nitrogen and oxygen atoms in total. The molecule has 0 spiro atoms. The van der Waals surface area contributed by atoms with E-state index in [-0.39, 0.29) is 19.2 Å². The Hall–Kier alpha value is -4.21. The Kier molecular flexibility index (Phi) is 11.9. The van der Waals surface area contributed by atoms with E-state index in [1.165, 1.54) is 0 Å². The lowest BCUT2D eigenvalue weighted by Gasteiger charge is -2.32. The third-order valence-corrected chi connectivity index (χ3v) is 7.65. The second kappa shape index (κ2) is 15.2. The maximum Gasteiger partial charge on any atom is 0.410 e. The summed E-state index contributed by atoms with van der Waals surface area (Å²) in [5.74, 6) is -0.105. The lowest BCUT2D eigenvalue weighted by molar-refractivity contribution is -0.147. The second-order valence-corrected chi connectivity index (χ2v) is 13.1. The molecule has 2 aromatic carbocycles. The van der Waals surface area contributed by atoms with Crippen molar-refractivity contribution in [2.75, 3.05) is 19.8 Å². The zero-order valence-electron chi connectivity index (χ0n) is 27.7. The Labute approximate surface area is 266 Å². The number of hydrogen-bond acceptors (Lipinski definition) is 6. The summed E-state index contributed by atoms with van der Waals surface area (Å²) in [6, 6.07) is 12.9. The van der Waals surface area contributed by atoms with Crippen molar-refractivity contribution < 1.29 is 33.7 Å². The fraction of sp³-hybridized carbons (Fsp3) is 0.514. The highest BCUT2D eigenvalue weighted by Crippen LogP contribution is 2.28. The SMILES string of the molecule is CCOc1ccccc1OCCN(C(=O)OC(C)(C)C)C(C)Cc1cc(C(N)=O)c2c(ccn2CCCCC(C)(C)C(=O)O)c1. The first-order valence-corrected chi connectivity index (χ1v) is 15.6. The van der Waals surface area contributed by atoms with E-state index >= 15 is 0 Å². The summed E-state index contributed by atoms with van der Waals surface area (Å²) in [5, 5.41) is 10.3. The van der Waals surface area contributed by atoms with Gasteiger partial charge in [0.25, 0.3) is 5.91 Å². The Morgan fingerprint density at radius 2 is 1.67 bits per heavy atom. The molecule has 0 saturated heterocycles. The molecule has 0 fully saturated rings. The molecule has 0 aliphatic carbocycles. The minimum atomic E-state index is -0.809. The molecule has 3 rings (SSSR count). The highest BCUT2D eigenvalue weighted by atomic mass is 16.6. The van der Waals surface area contributed by atoms with E-state index in [1.807, 2.05) is 81.8 Å². The Morgan fingerprint density at radius 1 is 1.00 bits per heavy atom. The van der Waals surface area contributed by atoms with Crippen molar-refractivity contribution in [2.45, 2.75) is 92.3 Å². The third kappa shape index (κ3) is 9.89. The Balaban J connectivity index is 1.78. The molecule has 45 heavy (non-hydrogen) atoms. The number of para-hydroxylation sites is 2. The van der Waals surface area contributed by atoms with Crippen LogP contribution in [0.1, 0.15) is 83.7 Å². The summed E-state index contributed by atoms with van der Waals surface area (Å²) in [4.78, 5) is 39.0. The standard InChI is InChI=1S/C35H49N3O7/c1-8-43-28-13-9-10-14-29(28)44-20-19-38(33(42)45-34(3,4)5)24(2)21-25-22-26-15-18-37(30(26)27(23-25)31(36)39)17-12-11-16-35(6,7)32(40)41/h9-10,13-15,18,22-24H,8,11-12,16-17,19-21H2,1-7H3,(H2,36,39)(H,40,41). The number of nitrogens with two attached hydrogens (primary N) is 1. The zero-order valence-corrected chi connectivity index (χ0v) is 27.7. The molecular formula is C35H49N3O7. The van der Waals surface area contributed by atoms with Crippen LogP contribution in [0.15, 0.2) is 48.7 Å². The van der Waals surface area contributed by atoms with E-state index in [0.717, 1.165) is 29.3 Å². The number of aliphatic carboxylic acids is 1. The van der Waals surface area contributed by atoms with Crippen molar-refractivity contribution in [1.82, 2.24) is 9.47 Å². The summed E-state index contributed by atoms with van der Waals surface area (Å²) >= 11 is 0. The number of nitrogens with zero attached hydrogens (tertiary/aromatic N) is 2. The van der Waals surface area contributed by atoms with Crippen LogP contribution in [-0.4, -0.2) is 63.9 Å². The van der Waals surface area contributed by atoms with Crippen LogP contribution in [-0.2, 0) is 22.5 Å². The molecule has 1 unspecified atom stereocenters. The lowest BCUT2D eigenvalue weighted by atomic mass is 9.87. The molecule has 0 aliphatic heterocycles. The van der Waals surface area contributed by atoms with Crippen LogP contribution >= 0.6 is 0 Å². The van der Waals surface area contributed by atoms with Gasteiger partial charge in [-0.1, -0.05) is 18.6 Å². The van der Waals surface area contributed by atoms with Gasteiger partial charge in [0.15, 0.2) is 11.5 Å². The molecule has 0 bridgehead atoms. The number of carboxylic acid groups (broad SMARTS) is 1. The van der Waals surface area contributed by atoms with Crippen LogP contribution in [0, 0.1) is 5.41 Å². The maximum atomic E-state index is 13.3. The van der Waals surface area contributed by atoms with Gasteiger partial charge in [-0.3, -0.25) is 9.59 Å². The first-order valence-electron chi connectivity index (χ1n) is 15.6. The van der Waals surface area contributed by atoms with E-state index in [0.29, 0.717) is 43.1 Å². The number of amides is 2. The van der Waals surface area contributed by atoms with Crippen molar-refractivity contribution in [3.05, 3.63) is 59.8 Å². The van der Waals surface area contributed by atoms with Gasteiger partial charge in [0, 0.05) is 24.2 Å². The first kappa shape index (κ1) is 35.3. The van der Waals surface area contributed by atoms with Gasteiger partial charge in [-0.05, 0) is 104 Å². The van der Waals surface area contributed by atoms with Crippen molar-refractivity contribution in [1.29, 1.82) is 0 Å². The summed E-state index contributed by atoms with van der Waals surface area (Å²) < 4.78 is 19.4. The van der Waals surface area contributed by atoms with Gasteiger partial charge in [-0.25, -0.2) is 4.79 Å². The van der Waals surface area contributed by atoms with Crippen molar-refractivity contribution >= 4 is 28.9 Å². The van der Waals surface area contributed by atoms with E-state index in [9.17, 15) is 19.5 Å². The maximum absolute atomic E-state index is 13.3. The summed E-state index contributed by atoms with van der Waals surface area (Å²) in [6.07, 6.45) is 3.99. The van der Waals surface area contributed by atoms with Crippen LogP contribution in [0.5, 0.6) is 11.5 Å². The molecule has 2 amide bonds. The minimum Gasteiger partial charge on any atom is -0.490 e. The van der Waals surface area contributed by atoms with Crippen LogP contribution in [0.25, 0.3) is 10.9 Å². The molecule has 246 valence electrons. The number of fused-ring (bicyclic) bond motifs is 1. The third-order valence-electron chi connectivity index (χ3n) is 7.65. The molecule has 0 saturated carbocycles. The molecule has 0 aliphatic rings. The summed E-state index contributed by atoms with van der Waals surface area (Å²) in [6.45, 7) is 14.4. The lowest BCUT2D eigenvalue weighted by Crippen LogP contribution is -2.45. The van der Waals surface area contributed by atoms with Gasteiger partial charge in [0.1, 0.15) is 12.2 Å². The minimum absolute atomic E-state index is 0.228. The van der Waals surface area contributed by atoms with Gasteiger partial charge in [-0.2, -0.15) is 0 Å². The molecule has 0 radical (unpaired) electrons. The molecule has 1 aromatic heterocycles. The molecular weight excluding hydrogens is 574 g/mol. The number of unbranched alkanes of at least 4 members (excludes halogenated alkanes) is 1. The Bertz CT molecular complexity index is 1470. The topological polar surface area (TPSA) is 133 Å².